The summed E-state index contributed by atoms with van der Waals surface area (Å²) in [5.41, 5.74) is 0. The maximum atomic E-state index is 5.86. The first-order valence-electron chi connectivity index (χ1n) is 6.41. The van der Waals surface area contributed by atoms with E-state index in [1.807, 2.05) is 0 Å². The number of halogens is 1. The fraction of sp³-hybridized carbons (Fsp3) is 1.00. The molecule has 1 saturated heterocycles. The van der Waals surface area contributed by atoms with Gasteiger partial charge in [0.25, 0.3) is 0 Å². The molecule has 0 spiro atoms. The Morgan fingerprint density at radius 3 is 2.53 bits per heavy atom. The SMILES string of the molecule is CC(CCl)CN1CCCC(C(C)C)CC1. The summed E-state index contributed by atoms with van der Waals surface area (Å²) in [5, 5.41) is 0. The molecule has 1 aliphatic rings. The summed E-state index contributed by atoms with van der Waals surface area (Å²) in [5.74, 6) is 3.24. The van der Waals surface area contributed by atoms with E-state index < -0.39 is 0 Å². The van der Waals surface area contributed by atoms with Crippen molar-refractivity contribution in [3.63, 3.8) is 0 Å². The van der Waals surface area contributed by atoms with E-state index in [-0.39, 0.29) is 0 Å². The maximum absolute atomic E-state index is 5.86. The molecule has 0 aromatic carbocycles. The van der Waals surface area contributed by atoms with Gasteiger partial charge in [-0.05, 0) is 50.1 Å². The standard InChI is InChI=1S/C13H26ClN/c1-11(2)13-5-4-7-15(8-6-13)10-12(3)9-14/h11-13H,4-10H2,1-3H3. The van der Waals surface area contributed by atoms with Crippen LogP contribution in [0.1, 0.15) is 40.0 Å². The van der Waals surface area contributed by atoms with E-state index in [1.54, 1.807) is 0 Å². The van der Waals surface area contributed by atoms with E-state index >= 15 is 0 Å². The molecule has 2 unspecified atom stereocenters. The zero-order valence-corrected chi connectivity index (χ0v) is 11.3. The molecule has 0 saturated carbocycles. The average Bonchev–Trinajstić information content (AvgIpc) is 2.43. The quantitative estimate of drug-likeness (QED) is 0.668. The predicted octanol–water partition coefficient (Wildman–Crippen LogP) is 3.62. The summed E-state index contributed by atoms with van der Waals surface area (Å²) < 4.78 is 0. The van der Waals surface area contributed by atoms with Crippen LogP contribution in [0, 0.1) is 17.8 Å². The van der Waals surface area contributed by atoms with Gasteiger partial charge in [-0.2, -0.15) is 0 Å². The van der Waals surface area contributed by atoms with Crippen LogP contribution < -0.4 is 0 Å². The smallest absolute Gasteiger partial charge is 0.0261 e. The molecule has 2 heteroatoms. The highest BCUT2D eigenvalue weighted by atomic mass is 35.5. The Bertz CT molecular complexity index is 170. The molecule has 1 rings (SSSR count). The molecule has 1 nitrogen and oxygen atoms in total. The summed E-state index contributed by atoms with van der Waals surface area (Å²) in [7, 11) is 0. The van der Waals surface area contributed by atoms with Gasteiger partial charge >= 0.3 is 0 Å². The maximum Gasteiger partial charge on any atom is 0.0261 e. The molecular formula is C13H26ClN. The number of hydrogen-bond acceptors (Lipinski definition) is 1. The first-order valence-corrected chi connectivity index (χ1v) is 6.95. The zero-order chi connectivity index (χ0) is 11.3. The Balaban J connectivity index is 2.32. The molecule has 0 N–H and O–H groups in total. The van der Waals surface area contributed by atoms with E-state index in [2.05, 4.69) is 25.7 Å². The van der Waals surface area contributed by atoms with Gasteiger partial charge in [0.05, 0.1) is 0 Å². The molecule has 15 heavy (non-hydrogen) atoms. The average molecular weight is 232 g/mol. The predicted molar refractivity (Wildman–Crippen MR) is 68.5 cm³/mol. The van der Waals surface area contributed by atoms with Gasteiger partial charge < -0.3 is 4.90 Å². The Hall–Kier alpha value is 0.250. The highest BCUT2D eigenvalue weighted by Gasteiger charge is 2.20. The van der Waals surface area contributed by atoms with Crippen LogP contribution in [0.2, 0.25) is 0 Å². The van der Waals surface area contributed by atoms with Crippen LogP contribution in [0.25, 0.3) is 0 Å². The molecule has 0 bridgehead atoms. The molecule has 0 amide bonds. The highest BCUT2D eigenvalue weighted by molar-refractivity contribution is 6.18. The minimum absolute atomic E-state index is 0.641. The van der Waals surface area contributed by atoms with Crippen molar-refractivity contribution in [2.45, 2.75) is 40.0 Å². The first-order chi connectivity index (χ1) is 7.13. The number of alkyl halides is 1. The number of nitrogens with zero attached hydrogens (tertiary/aromatic N) is 1. The second-order valence-corrected chi connectivity index (χ2v) is 5.80. The topological polar surface area (TPSA) is 3.24 Å². The zero-order valence-electron chi connectivity index (χ0n) is 10.5. The number of hydrogen-bond donors (Lipinski definition) is 0. The lowest BCUT2D eigenvalue weighted by Gasteiger charge is -2.23. The second-order valence-electron chi connectivity index (χ2n) is 5.50. The van der Waals surface area contributed by atoms with Crippen molar-refractivity contribution in [2.24, 2.45) is 17.8 Å². The largest absolute Gasteiger partial charge is 0.303 e. The number of likely N-dealkylation sites (tertiary alicyclic amines) is 1. The second kappa shape index (κ2) is 6.75. The summed E-state index contributed by atoms with van der Waals surface area (Å²) in [6, 6.07) is 0. The molecule has 0 aliphatic carbocycles. The van der Waals surface area contributed by atoms with E-state index in [9.17, 15) is 0 Å². The summed E-state index contributed by atoms with van der Waals surface area (Å²) in [6.07, 6.45) is 4.17. The van der Waals surface area contributed by atoms with Crippen LogP contribution in [-0.4, -0.2) is 30.4 Å². The molecule has 1 heterocycles. The number of rotatable bonds is 4. The Morgan fingerprint density at radius 2 is 1.93 bits per heavy atom. The van der Waals surface area contributed by atoms with Crippen LogP contribution >= 0.6 is 11.6 Å². The molecule has 0 aromatic heterocycles. The minimum Gasteiger partial charge on any atom is -0.303 e. The van der Waals surface area contributed by atoms with Gasteiger partial charge in [-0.3, -0.25) is 0 Å². The van der Waals surface area contributed by atoms with Gasteiger partial charge in [0.1, 0.15) is 0 Å². The van der Waals surface area contributed by atoms with Crippen LogP contribution in [0.4, 0.5) is 0 Å². The third-order valence-electron chi connectivity index (χ3n) is 3.64. The Kier molecular flexibility index (Phi) is 5.99. The van der Waals surface area contributed by atoms with E-state index in [1.165, 1.54) is 38.9 Å². The van der Waals surface area contributed by atoms with Crippen molar-refractivity contribution >= 4 is 11.6 Å². The third-order valence-corrected chi connectivity index (χ3v) is 4.17. The fourth-order valence-electron chi connectivity index (χ4n) is 2.52. The molecule has 2 atom stereocenters. The van der Waals surface area contributed by atoms with Crippen LogP contribution in [0.15, 0.2) is 0 Å². The van der Waals surface area contributed by atoms with Gasteiger partial charge in [0, 0.05) is 12.4 Å². The molecule has 0 aromatic rings. The molecule has 1 aliphatic heterocycles. The van der Waals surface area contributed by atoms with Crippen molar-refractivity contribution in [3.8, 4) is 0 Å². The minimum atomic E-state index is 0.641. The molecule has 1 fully saturated rings. The first kappa shape index (κ1) is 13.3. The van der Waals surface area contributed by atoms with Gasteiger partial charge in [0.15, 0.2) is 0 Å². The lowest BCUT2D eigenvalue weighted by Crippen LogP contribution is -2.30. The van der Waals surface area contributed by atoms with Crippen LogP contribution in [0.5, 0.6) is 0 Å². The molecule has 0 radical (unpaired) electrons. The molecular weight excluding hydrogens is 206 g/mol. The summed E-state index contributed by atoms with van der Waals surface area (Å²) in [6.45, 7) is 10.7. The van der Waals surface area contributed by atoms with Gasteiger partial charge in [-0.1, -0.05) is 20.8 Å². The highest BCUT2D eigenvalue weighted by Crippen LogP contribution is 2.24. The van der Waals surface area contributed by atoms with Crippen molar-refractivity contribution in [3.05, 3.63) is 0 Å². The van der Waals surface area contributed by atoms with Crippen molar-refractivity contribution in [1.82, 2.24) is 4.90 Å². The fourth-order valence-corrected chi connectivity index (χ4v) is 2.62. The van der Waals surface area contributed by atoms with E-state index in [0.717, 1.165) is 17.7 Å². The van der Waals surface area contributed by atoms with Crippen molar-refractivity contribution < 1.29 is 0 Å². The summed E-state index contributed by atoms with van der Waals surface area (Å²) in [4.78, 5) is 2.61. The van der Waals surface area contributed by atoms with E-state index in [4.69, 9.17) is 11.6 Å². The monoisotopic (exact) mass is 231 g/mol. The third kappa shape index (κ3) is 4.74. The van der Waals surface area contributed by atoms with Crippen molar-refractivity contribution in [1.29, 1.82) is 0 Å². The lowest BCUT2D eigenvalue weighted by atomic mass is 9.89. The lowest BCUT2D eigenvalue weighted by molar-refractivity contribution is 0.246. The molecule has 90 valence electrons. The van der Waals surface area contributed by atoms with Crippen molar-refractivity contribution in [2.75, 3.05) is 25.5 Å². The van der Waals surface area contributed by atoms with Crippen LogP contribution in [-0.2, 0) is 0 Å². The van der Waals surface area contributed by atoms with E-state index in [0.29, 0.717) is 5.92 Å². The Labute approximate surface area is 100 Å². The van der Waals surface area contributed by atoms with Gasteiger partial charge in [-0.15, -0.1) is 11.6 Å². The Morgan fingerprint density at radius 1 is 1.20 bits per heavy atom. The van der Waals surface area contributed by atoms with Crippen LogP contribution in [0.3, 0.4) is 0 Å². The van der Waals surface area contributed by atoms with Gasteiger partial charge in [-0.25, -0.2) is 0 Å². The summed E-state index contributed by atoms with van der Waals surface area (Å²) >= 11 is 5.86. The van der Waals surface area contributed by atoms with Gasteiger partial charge in [0.2, 0.25) is 0 Å². The normalized spacial score (nSPS) is 26.6.